The lowest BCUT2D eigenvalue weighted by Crippen LogP contribution is -1.66. The van der Waals surface area contributed by atoms with Gasteiger partial charge in [0, 0.05) is 11.6 Å². The first-order valence-corrected chi connectivity index (χ1v) is 3.00. The maximum absolute atomic E-state index is 8.19. The molecule has 1 aromatic heterocycles. The van der Waals surface area contributed by atoms with Crippen molar-refractivity contribution in [1.29, 1.82) is 5.26 Å². The Labute approximate surface area is 63.3 Å². The molecule has 1 rings (SSSR count). The van der Waals surface area contributed by atoms with E-state index in [-0.39, 0.29) is 0 Å². The molecule has 10 heavy (non-hydrogen) atoms. The average Bonchev–Trinajstić information content (AvgIpc) is 2.38. The first kappa shape index (κ1) is 6.91. The molecule has 0 aliphatic heterocycles. The van der Waals surface area contributed by atoms with Crippen molar-refractivity contribution >= 4 is 16.6 Å². The van der Waals surface area contributed by atoms with Crippen LogP contribution < -0.4 is 0 Å². The van der Waals surface area contributed by atoms with Gasteiger partial charge in [-0.05, 0) is 6.07 Å². The summed E-state index contributed by atoms with van der Waals surface area (Å²) in [5, 5.41) is 8.59. The summed E-state index contributed by atoms with van der Waals surface area (Å²) in [5.74, 6) is 0. The molecular weight excluding hydrogens is 150 g/mol. The number of nitrogens with zero attached hydrogens (tertiary/aromatic N) is 1. The zero-order chi connectivity index (χ0) is 7.40. The molecule has 0 aliphatic rings. The molecule has 0 radical (unpaired) electrons. The lowest BCUT2D eigenvalue weighted by molar-refractivity contribution is 0.566. The molecule has 0 N–H and O–H groups in total. The van der Waals surface area contributed by atoms with E-state index in [0.717, 1.165) is 5.56 Å². The monoisotopic (exact) mass is 153 g/mol. The SMILES string of the molecule is N#C/C=C(\Cl)c1ccoc1. The zero-order valence-corrected chi connectivity index (χ0v) is 5.80. The van der Waals surface area contributed by atoms with Crippen molar-refractivity contribution in [1.82, 2.24) is 0 Å². The van der Waals surface area contributed by atoms with Crippen LogP contribution >= 0.6 is 11.6 Å². The van der Waals surface area contributed by atoms with Crippen LogP contribution in [0.5, 0.6) is 0 Å². The quantitative estimate of drug-likeness (QED) is 0.581. The van der Waals surface area contributed by atoms with Gasteiger partial charge in [0.05, 0.1) is 23.6 Å². The minimum atomic E-state index is 0.399. The predicted octanol–water partition coefficient (Wildman–Crippen LogP) is 2.38. The third kappa shape index (κ3) is 1.40. The number of hydrogen-bond acceptors (Lipinski definition) is 2. The van der Waals surface area contributed by atoms with Gasteiger partial charge in [0.1, 0.15) is 0 Å². The van der Waals surface area contributed by atoms with E-state index >= 15 is 0 Å². The lowest BCUT2D eigenvalue weighted by Gasteiger charge is -1.84. The maximum atomic E-state index is 8.19. The molecule has 0 aliphatic carbocycles. The molecule has 3 heteroatoms. The second-order valence-electron chi connectivity index (χ2n) is 1.63. The highest BCUT2D eigenvalue weighted by molar-refractivity contribution is 6.48. The van der Waals surface area contributed by atoms with Crippen molar-refractivity contribution in [2.75, 3.05) is 0 Å². The van der Waals surface area contributed by atoms with Crippen molar-refractivity contribution in [2.45, 2.75) is 0 Å². The summed E-state index contributed by atoms with van der Waals surface area (Å²) >= 11 is 5.63. The molecule has 50 valence electrons. The minimum Gasteiger partial charge on any atom is -0.472 e. The Kier molecular flexibility index (Phi) is 2.14. The van der Waals surface area contributed by atoms with Crippen LogP contribution in [0.2, 0.25) is 0 Å². The fraction of sp³-hybridized carbons (Fsp3) is 0. The standard InChI is InChI=1S/C7H4ClNO/c8-7(1-3-9)6-2-4-10-5-6/h1-2,4-5H/b7-1-. The average molecular weight is 154 g/mol. The highest BCUT2D eigenvalue weighted by Crippen LogP contribution is 2.17. The van der Waals surface area contributed by atoms with Crippen LogP contribution in [-0.4, -0.2) is 0 Å². The van der Waals surface area contributed by atoms with Crippen LogP contribution in [0.15, 0.2) is 29.1 Å². The van der Waals surface area contributed by atoms with E-state index in [2.05, 4.69) is 0 Å². The first-order valence-electron chi connectivity index (χ1n) is 2.62. The predicted molar refractivity (Wildman–Crippen MR) is 38.2 cm³/mol. The van der Waals surface area contributed by atoms with Crippen LogP contribution in [0.1, 0.15) is 5.56 Å². The fourth-order valence-electron chi connectivity index (χ4n) is 0.540. The molecule has 0 amide bonds. The number of rotatable bonds is 1. The van der Waals surface area contributed by atoms with Crippen LogP contribution in [0.4, 0.5) is 0 Å². The second kappa shape index (κ2) is 3.09. The normalized spacial score (nSPS) is 11.0. The molecule has 0 saturated heterocycles. The molecule has 0 fully saturated rings. The Bertz CT molecular complexity index is 268. The molecule has 1 aromatic rings. The summed E-state index contributed by atoms with van der Waals surface area (Å²) in [7, 11) is 0. The third-order valence-electron chi connectivity index (χ3n) is 0.988. The molecular formula is C7H4ClNO. The van der Waals surface area contributed by atoms with E-state index in [1.165, 1.54) is 18.6 Å². The number of hydrogen-bond donors (Lipinski definition) is 0. The summed E-state index contributed by atoms with van der Waals surface area (Å²) in [6, 6.07) is 3.51. The summed E-state index contributed by atoms with van der Waals surface area (Å²) < 4.78 is 4.75. The van der Waals surface area contributed by atoms with E-state index in [0.29, 0.717) is 5.03 Å². The summed E-state index contributed by atoms with van der Waals surface area (Å²) in [6.45, 7) is 0. The van der Waals surface area contributed by atoms with Crippen molar-refractivity contribution in [3.63, 3.8) is 0 Å². The first-order chi connectivity index (χ1) is 4.84. The van der Waals surface area contributed by atoms with Gasteiger partial charge in [-0.15, -0.1) is 0 Å². The second-order valence-corrected chi connectivity index (χ2v) is 2.04. The van der Waals surface area contributed by atoms with Crippen LogP contribution in [0, 0.1) is 11.3 Å². The highest BCUT2D eigenvalue weighted by atomic mass is 35.5. The summed E-state index contributed by atoms with van der Waals surface area (Å²) in [5.41, 5.74) is 0.725. The molecule has 0 atom stereocenters. The minimum absolute atomic E-state index is 0.399. The molecule has 0 bridgehead atoms. The lowest BCUT2D eigenvalue weighted by atomic mass is 10.3. The Morgan fingerprint density at radius 1 is 1.80 bits per heavy atom. The topological polar surface area (TPSA) is 36.9 Å². The van der Waals surface area contributed by atoms with Gasteiger partial charge in [0.15, 0.2) is 0 Å². The van der Waals surface area contributed by atoms with E-state index in [4.69, 9.17) is 21.3 Å². The van der Waals surface area contributed by atoms with Crippen LogP contribution in [0.25, 0.3) is 5.03 Å². The van der Waals surface area contributed by atoms with E-state index < -0.39 is 0 Å². The fourth-order valence-corrected chi connectivity index (χ4v) is 0.697. The molecule has 2 nitrogen and oxygen atoms in total. The van der Waals surface area contributed by atoms with Crippen molar-refractivity contribution in [3.8, 4) is 6.07 Å². The smallest absolute Gasteiger partial charge is 0.0990 e. The molecule has 0 spiro atoms. The maximum Gasteiger partial charge on any atom is 0.0990 e. The van der Waals surface area contributed by atoms with Gasteiger partial charge in [0.2, 0.25) is 0 Å². The number of nitriles is 1. The van der Waals surface area contributed by atoms with Crippen molar-refractivity contribution in [2.24, 2.45) is 0 Å². The Morgan fingerprint density at radius 3 is 3.10 bits per heavy atom. The van der Waals surface area contributed by atoms with Gasteiger partial charge in [0.25, 0.3) is 0 Å². The number of furan rings is 1. The molecule has 1 heterocycles. The summed E-state index contributed by atoms with van der Waals surface area (Å²) in [4.78, 5) is 0. The van der Waals surface area contributed by atoms with E-state index in [9.17, 15) is 0 Å². The van der Waals surface area contributed by atoms with Gasteiger partial charge >= 0.3 is 0 Å². The van der Waals surface area contributed by atoms with Gasteiger partial charge in [-0.25, -0.2) is 0 Å². The van der Waals surface area contributed by atoms with Crippen molar-refractivity contribution in [3.05, 3.63) is 30.2 Å². The molecule has 0 saturated carbocycles. The van der Waals surface area contributed by atoms with Crippen LogP contribution in [-0.2, 0) is 0 Å². The van der Waals surface area contributed by atoms with Crippen molar-refractivity contribution < 1.29 is 4.42 Å². The van der Waals surface area contributed by atoms with Gasteiger partial charge in [-0.1, -0.05) is 11.6 Å². The van der Waals surface area contributed by atoms with E-state index in [1.54, 1.807) is 6.07 Å². The number of allylic oxidation sites excluding steroid dienone is 1. The highest BCUT2D eigenvalue weighted by Gasteiger charge is 1.96. The Balaban J connectivity index is 2.90. The third-order valence-corrected chi connectivity index (χ3v) is 1.32. The molecule has 0 unspecified atom stereocenters. The van der Waals surface area contributed by atoms with Gasteiger partial charge in [-0.3, -0.25) is 0 Å². The zero-order valence-electron chi connectivity index (χ0n) is 5.04. The Morgan fingerprint density at radius 2 is 2.60 bits per heavy atom. The number of halogens is 1. The van der Waals surface area contributed by atoms with Gasteiger partial charge in [-0.2, -0.15) is 5.26 Å². The van der Waals surface area contributed by atoms with E-state index in [1.807, 2.05) is 6.07 Å². The largest absolute Gasteiger partial charge is 0.472 e. The van der Waals surface area contributed by atoms with Crippen LogP contribution in [0.3, 0.4) is 0 Å². The molecule has 0 aromatic carbocycles. The summed E-state index contributed by atoms with van der Waals surface area (Å²) in [6.07, 6.45) is 4.24. The Hall–Kier alpha value is -1.20. The van der Waals surface area contributed by atoms with Gasteiger partial charge < -0.3 is 4.42 Å².